The van der Waals surface area contributed by atoms with Crippen LogP contribution in [-0.4, -0.2) is 39.0 Å². The van der Waals surface area contributed by atoms with Crippen molar-refractivity contribution in [1.29, 1.82) is 5.26 Å². The first kappa shape index (κ1) is 18.4. The molecule has 2 fully saturated rings. The molecule has 0 spiro atoms. The number of hydrogen-bond donors (Lipinski definition) is 1. The minimum atomic E-state index is -3.44. The van der Waals surface area contributed by atoms with E-state index in [9.17, 15) is 8.42 Å². The summed E-state index contributed by atoms with van der Waals surface area (Å²) in [5.41, 5.74) is 1.05. The Hall–Kier alpha value is -1.42. The van der Waals surface area contributed by atoms with Crippen LogP contribution in [0.2, 0.25) is 0 Å². The first-order valence-electron chi connectivity index (χ1n) is 9.18. The lowest BCUT2D eigenvalue weighted by atomic mass is 9.96. The summed E-state index contributed by atoms with van der Waals surface area (Å²) in [6.45, 7) is 4.44. The smallest absolute Gasteiger partial charge is 0.240 e. The van der Waals surface area contributed by atoms with Crippen molar-refractivity contribution in [3.63, 3.8) is 0 Å². The van der Waals surface area contributed by atoms with Crippen LogP contribution in [0.25, 0.3) is 0 Å². The lowest BCUT2D eigenvalue weighted by Crippen LogP contribution is -2.44. The zero-order valence-electron chi connectivity index (χ0n) is 14.8. The highest BCUT2D eigenvalue weighted by Gasteiger charge is 2.32. The molecule has 0 aromatic heterocycles. The predicted molar refractivity (Wildman–Crippen MR) is 97.4 cm³/mol. The fraction of sp³-hybridized carbons (Fsp3) is 0.632. The maximum absolute atomic E-state index is 12.4. The first-order valence-corrected chi connectivity index (χ1v) is 10.7. The second-order valence-corrected chi connectivity index (χ2v) is 9.23. The van der Waals surface area contributed by atoms with E-state index < -0.39 is 10.0 Å². The molecule has 1 saturated heterocycles. The molecule has 3 atom stereocenters. The quantitative estimate of drug-likeness (QED) is 0.875. The van der Waals surface area contributed by atoms with Gasteiger partial charge in [-0.25, -0.2) is 13.1 Å². The monoisotopic (exact) mass is 361 g/mol. The maximum Gasteiger partial charge on any atom is 0.240 e. The zero-order valence-corrected chi connectivity index (χ0v) is 15.6. The predicted octanol–water partition coefficient (Wildman–Crippen LogP) is 2.68. The molecule has 0 radical (unpaired) electrons. The van der Waals surface area contributed by atoms with Gasteiger partial charge in [0.25, 0.3) is 0 Å². The van der Waals surface area contributed by atoms with Gasteiger partial charge in [0, 0.05) is 25.0 Å². The Morgan fingerprint density at radius 2 is 2.00 bits per heavy atom. The number of rotatable bonds is 5. The van der Waals surface area contributed by atoms with Gasteiger partial charge in [-0.15, -0.1) is 0 Å². The van der Waals surface area contributed by atoms with Gasteiger partial charge in [0.15, 0.2) is 0 Å². The summed E-state index contributed by atoms with van der Waals surface area (Å²) in [5.74, 6) is 0.542. The molecule has 25 heavy (non-hydrogen) atoms. The third-order valence-corrected chi connectivity index (χ3v) is 6.99. The summed E-state index contributed by atoms with van der Waals surface area (Å²) in [5, 5.41) is 9.09. The largest absolute Gasteiger partial charge is 0.300 e. The van der Waals surface area contributed by atoms with Crippen molar-refractivity contribution >= 4 is 10.0 Å². The van der Waals surface area contributed by atoms with Crippen molar-refractivity contribution in [2.75, 3.05) is 19.6 Å². The molecule has 136 valence electrons. The fourth-order valence-corrected chi connectivity index (χ4v) is 5.15. The van der Waals surface area contributed by atoms with Crippen molar-refractivity contribution in [2.45, 2.75) is 50.0 Å². The summed E-state index contributed by atoms with van der Waals surface area (Å²) < 4.78 is 27.7. The van der Waals surface area contributed by atoms with Gasteiger partial charge in [0.1, 0.15) is 0 Å². The standard InChI is InChI=1S/C19H27N3O2S/c1-15-4-8-19(9-5-15)25(23,24)21-13-17-3-2-10-22(14-17)18-7-6-16(11-18)12-20/h4-5,8-9,16-18,21H,2-3,6-7,10-11,13-14H2,1H3. The van der Waals surface area contributed by atoms with Crippen LogP contribution in [-0.2, 0) is 10.0 Å². The number of aryl methyl sites for hydroxylation is 1. The summed E-state index contributed by atoms with van der Waals surface area (Å²) in [6, 6.07) is 9.85. The van der Waals surface area contributed by atoms with E-state index in [-0.39, 0.29) is 5.92 Å². The molecule has 0 bridgehead atoms. The molecule has 1 aliphatic carbocycles. The highest BCUT2D eigenvalue weighted by atomic mass is 32.2. The number of nitrogens with zero attached hydrogens (tertiary/aromatic N) is 2. The summed E-state index contributed by atoms with van der Waals surface area (Å²) in [6.07, 6.45) is 5.23. The third-order valence-electron chi connectivity index (χ3n) is 5.55. The SMILES string of the molecule is Cc1ccc(S(=O)(=O)NCC2CCCN(C3CCC(C#N)C3)C2)cc1. The average Bonchev–Trinajstić information content (AvgIpc) is 3.10. The Morgan fingerprint density at radius 3 is 2.68 bits per heavy atom. The second-order valence-electron chi connectivity index (χ2n) is 7.46. The summed E-state index contributed by atoms with van der Waals surface area (Å²) in [4.78, 5) is 2.81. The molecule has 1 aliphatic heterocycles. The van der Waals surface area contributed by atoms with Crippen LogP contribution in [0.5, 0.6) is 0 Å². The van der Waals surface area contributed by atoms with Crippen LogP contribution in [0.4, 0.5) is 0 Å². The number of sulfonamides is 1. The second kappa shape index (κ2) is 7.86. The highest BCUT2D eigenvalue weighted by Crippen LogP contribution is 2.31. The molecule has 6 heteroatoms. The van der Waals surface area contributed by atoms with E-state index in [1.807, 2.05) is 19.1 Å². The van der Waals surface area contributed by atoms with Crippen molar-refractivity contribution < 1.29 is 8.42 Å². The highest BCUT2D eigenvalue weighted by molar-refractivity contribution is 7.89. The van der Waals surface area contributed by atoms with Crippen LogP contribution >= 0.6 is 0 Å². The lowest BCUT2D eigenvalue weighted by molar-refractivity contribution is 0.125. The molecule has 1 aromatic rings. The van der Waals surface area contributed by atoms with Gasteiger partial charge in [0.2, 0.25) is 10.0 Å². The fourth-order valence-electron chi connectivity index (χ4n) is 4.03. The number of nitrogens with one attached hydrogen (secondary N) is 1. The number of hydrogen-bond acceptors (Lipinski definition) is 4. The third kappa shape index (κ3) is 4.60. The number of piperidine rings is 1. The zero-order chi connectivity index (χ0) is 17.9. The van der Waals surface area contributed by atoms with Crippen LogP contribution in [0, 0.1) is 30.1 Å². The Kier molecular flexibility index (Phi) is 5.78. The Morgan fingerprint density at radius 1 is 1.24 bits per heavy atom. The van der Waals surface area contributed by atoms with E-state index in [0.29, 0.717) is 23.4 Å². The molecule has 1 saturated carbocycles. The van der Waals surface area contributed by atoms with Crippen molar-refractivity contribution in [2.24, 2.45) is 11.8 Å². The Bertz CT molecular complexity index is 724. The van der Waals surface area contributed by atoms with Crippen molar-refractivity contribution in [1.82, 2.24) is 9.62 Å². The minimum absolute atomic E-state index is 0.199. The molecule has 1 aromatic carbocycles. The van der Waals surface area contributed by atoms with Gasteiger partial charge >= 0.3 is 0 Å². The normalized spacial score (nSPS) is 27.9. The molecular weight excluding hydrogens is 334 g/mol. The number of likely N-dealkylation sites (tertiary alicyclic amines) is 1. The van der Waals surface area contributed by atoms with E-state index >= 15 is 0 Å². The van der Waals surface area contributed by atoms with Gasteiger partial charge in [-0.2, -0.15) is 5.26 Å². The topological polar surface area (TPSA) is 73.2 Å². The molecular formula is C19H27N3O2S. The van der Waals surface area contributed by atoms with Gasteiger partial charge in [-0.05, 0) is 63.6 Å². The van der Waals surface area contributed by atoms with Crippen LogP contribution in [0.15, 0.2) is 29.2 Å². The molecule has 3 unspecified atom stereocenters. The van der Waals surface area contributed by atoms with E-state index in [1.165, 1.54) is 0 Å². The molecule has 1 N–H and O–H groups in total. The van der Waals surface area contributed by atoms with Crippen molar-refractivity contribution in [3.05, 3.63) is 29.8 Å². The molecule has 3 rings (SSSR count). The van der Waals surface area contributed by atoms with Gasteiger partial charge in [0.05, 0.1) is 11.0 Å². The molecule has 5 nitrogen and oxygen atoms in total. The van der Waals surface area contributed by atoms with Crippen LogP contribution in [0.3, 0.4) is 0 Å². The van der Waals surface area contributed by atoms with Gasteiger partial charge in [-0.1, -0.05) is 17.7 Å². The number of benzene rings is 1. The van der Waals surface area contributed by atoms with E-state index in [4.69, 9.17) is 5.26 Å². The molecule has 2 aliphatic rings. The summed E-state index contributed by atoms with van der Waals surface area (Å²) >= 11 is 0. The Labute approximate surface area is 151 Å². The average molecular weight is 362 g/mol. The molecule has 1 heterocycles. The summed E-state index contributed by atoms with van der Waals surface area (Å²) in [7, 11) is -3.44. The minimum Gasteiger partial charge on any atom is -0.300 e. The Balaban J connectivity index is 1.54. The molecule has 0 amide bonds. The van der Waals surface area contributed by atoms with E-state index in [1.54, 1.807) is 12.1 Å². The van der Waals surface area contributed by atoms with E-state index in [0.717, 1.165) is 50.8 Å². The number of nitriles is 1. The van der Waals surface area contributed by atoms with Gasteiger partial charge < -0.3 is 4.90 Å². The van der Waals surface area contributed by atoms with Crippen LogP contribution in [0.1, 0.15) is 37.7 Å². The van der Waals surface area contributed by atoms with E-state index in [2.05, 4.69) is 15.7 Å². The van der Waals surface area contributed by atoms with Gasteiger partial charge in [-0.3, -0.25) is 0 Å². The first-order chi connectivity index (χ1) is 12.0. The maximum atomic E-state index is 12.4. The lowest BCUT2D eigenvalue weighted by Gasteiger charge is -2.36. The van der Waals surface area contributed by atoms with Crippen LogP contribution < -0.4 is 4.72 Å². The van der Waals surface area contributed by atoms with Crippen molar-refractivity contribution in [3.8, 4) is 6.07 Å².